The Labute approximate surface area is 116 Å². The van der Waals surface area contributed by atoms with Crippen LogP contribution in [0.3, 0.4) is 0 Å². The Balaban J connectivity index is 2.37. The molecule has 1 aromatic heterocycles. The van der Waals surface area contributed by atoms with Crippen LogP contribution in [0.25, 0.3) is 11.0 Å². The molecule has 1 amide bonds. The van der Waals surface area contributed by atoms with E-state index in [1.807, 2.05) is 22.8 Å². The molecule has 0 spiro atoms. The molecule has 0 saturated heterocycles. The van der Waals surface area contributed by atoms with E-state index in [4.69, 9.17) is 22.1 Å². The summed E-state index contributed by atoms with van der Waals surface area (Å²) in [5.74, 6) is 1.51. The van der Waals surface area contributed by atoms with Crippen molar-refractivity contribution in [3.05, 3.63) is 24.0 Å². The quantitative estimate of drug-likeness (QED) is 0.824. The van der Waals surface area contributed by atoms with Gasteiger partial charge in [0.15, 0.2) is 0 Å². The molecule has 2 rings (SSSR count). The number of nitrogens with two attached hydrogens (primary N) is 1. The summed E-state index contributed by atoms with van der Waals surface area (Å²) in [5.41, 5.74) is 6.90. The zero-order valence-electron chi connectivity index (χ0n) is 10.7. The Morgan fingerprint density at radius 3 is 2.95 bits per heavy atom. The number of hydrogen-bond donors (Lipinski definition) is 1. The highest BCUT2D eigenvalue weighted by molar-refractivity contribution is 6.16. The van der Waals surface area contributed by atoms with E-state index in [0.29, 0.717) is 25.3 Å². The molecule has 0 atom stereocenters. The van der Waals surface area contributed by atoms with Crippen molar-refractivity contribution in [3.8, 4) is 5.75 Å². The van der Waals surface area contributed by atoms with Gasteiger partial charge in [-0.15, -0.1) is 11.6 Å². The minimum absolute atomic E-state index is 0.297. The van der Waals surface area contributed by atoms with Gasteiger partial charge in [0.25, 0.3) is 0 Å². The van der Waals surface area contributed by atoms with Crippen LogP contribution in [0.1, 0.15) is 18.7 Å². The van der Waals surface area contributed by atoms with E-state index in [1.165, 1.54) is 0 Å². The first-order valence-electron chi connectivity index (χ1n) is 6.03. The smallest absolute Gasteiger partial charge is 0.217 e. The number of imidazole rings is 1. The second-order valence-electron chi connectivity index (χ2n) is 4.21. The zero-order chi connectivity index (χ0) is 13.8. The molecule has 0 aliphatic rings. The molecule has 0 saturated carbocycles. The number of ether oxygens (including phenoxy) is 1. The molecule has 0 radical (unpaired) electrons. The van der Waals surface area contributed by atoms with Gasteiger partial charge in [-0.25, -0.2) is 4.98 Å². The number of carbonyl (C=O) groups excluding carboxylic acids is 1. The van der Waals surface area contributed by atoms with E-state index in [9.17, 15) is 4.79 Å². The first-order valence-corrected chi connectivity index (χ1v) is 6.57. The van der Waals surface area contributed by atoms with Gasteiger partial charge in [0.1, 0.15) is 17.1 Å². The fourth-order valence-corrected chi connectivity index (χ4v) is 2.30. The Bertz CT molecular complexity index is 595. The molecule has 6 heteroatoms. The molecule has 5 nitrogen and oxygen atoms in total. The van der Waals surface area contributed by atoms with Crippen LogP contribution in [0.2, 0.25) is 0 Å². The number of nitrogens with zero attached hydrogens (tertiary/aromatic N) is 2. The fourth-order valence-electron chi connectivity index (χ4n) is 2.10. The fraction of sp³-hybridized carbons (Fsp3) is 0.385. The van der Waals surface area contributed by atoms with Crippen LogP contribution in [0, 0.1) is 0 Å². The highest BCUT2D eigenvalue weighted by atomic mass is 35.5. The molecule has 1 heterocycles. The van der Waals surface area contributed by atoms with E-state index < -0.39 is 0 Å². The molecule has 0 aliphatic carbocycles. The van der Waals surface area contributed by atoms with Crippen LogP contribution in [0.5, 0.6) is 5.75 Å². The predicted molar refractivity (Wildman–Crippen MR) is 74.3 cm³/mol. The lowest BCUT2D eigenvalue weighted by atomic mass is 10.2. The molecular weight excluding hydrogens is 266 g/mol. The van der Waals surface area contributed by atoms with Crippen LogP contribution in [0.15, 0.2) is 18.2 Å². The largest absolute Gasteiger partial charge is 0.494 e. The third kappa shape index (κ3) is 2.81. The number of aryl methyl sites for hydroxylation is 1. The number of carbonyl (C=O) groups is 1. The molecule has 2 N–H and O–H groups in total. The molecule has 0 bridgehead atoms. The standard InChI is InChI=1S/C13H16ClN3O2/c1-19-10-5-2-4-9-13(10)16-12(8-14)17(9)7-3-6-11(15)18/h2,4-5H,3,6-8H2,1H3,(H2,15,18). The van der Waals surface area contributed by atoms with Gasteiger partial charge in [0.05, 0.1) is 18.5 Å². The Morgan fingerprint density at radius 1 is 1.53 bits per heavy atom. The topological polar surface area (TPSA) is 70.1 Å². The van der Waals surface area contributed by atoms with Gasteiger partial charge in [-0.1, -0.05) is 6.07 Å². The summed E-state index contributed by atoms with van der Waals surface area (Å²) >= 11 is 5.92. The van der Waals surface area contributed by atoms with Gasteiger partial charge in [-0.2, -0.15) is 0 Å². The van der Waals surface area contributed by atoms with Crippen molar-refractivity contribution in [1.29, 1.82) is 0 Å². The summed E-state index contributed by atoms with van der Waals surface area (Å²) in [4.78, 5) is 15.3. The normalized spacial score (nSPS) is 10.8. The predicted octanol–water partition coefficient (Wildman–Crippen LogP) is 2.05. The van der Waals surface area contributed by atoms with Gasteiger partial charge in [0, 0.05) is 13.0 Å². The van der Waals surface area contributed by atoms with Crippen LogP contribution in [-0.2, 0) is 17.2 Å². The number of alkyl halides is 1. The van der Waals surface area contributed by atoms with Gasteiger partial charge in [-0.05, 0) is 18.6 Å². The third-order valence-corrected chi connectivity index (χ3v) is 3.20. The second kappa shape index (κ2) is 5.93. The lowest BCUT2D eigenvalue weighted by molar-refractivity contribution is -0.118. The lowest BCUT2D eigenvalue weighted by Gasteiger charge is -2.07. The van der Waals surface area contributed by atoms with Crippen molar-refractivity contribution in [1.82, 2.24) is 9.55 Å². The highest BCUT2D eigenvalue weighted by Gasteiger charge is 2.13. The number of rotatable bonds is 6. The maximum atomic E-state index is 10.8. The van der Waals surface area contributed by atoms with E-state index in [2.05, 4.69) is 4.98 Å². The number of fused-ring (bicyclic) bond motifs is 1. The van der Waals surface area contributed by atoms with Crippen molar-refractivity contribution in [2.75, 3.05) is 7.11 Å². The van der Waals surface area contributed by atoms with Crippen LogP contribution >= 0.6 is 11.6 Å². The minimum atomic E-state index is -0.297. The molecule has 2 aromatic rings. The maximum absolute atomic E-state index is 10.8. The van der Waals surface area contributed by atoms with E-state index >= 15 is 0 Å². The third-order valence-electron chi connectivity index (χ3n) is 2.97. The molecule has 0 aliphatic heterocycles. The maximum Gasteiger partial charge on any atom is 0.217 e. The number of benzene rings is 1. The Morgan fingerprint density at radius 2 is 2.32 bits per heavy atom. The number of amides is 1. The van der Waals surface area contributed by atoms with E-state index in [-0.39, 0.29) is 5.91 Å². The van der Waals surface area contributed by atoms with Crippen LogP contribution < -0.4 is 10.5 Å². The first-order chi connectivity index (χ1) is 9.17. The summed E-state index contributed by atoms with van der Waals surface area (Å²) in [6.45, 7) is 0.661. The van der Waals surface area contributed by atoms with Gasteiger partial charge >= 0.3 is 0 Å². The number of primary amides is 1. The number of halogens is 1. The average molecular weight is 282 g/mol. The SMILES string of the molecule is COc1cccc2c1nc(CCl)n2CCCC(N)=O. The number of methoxy groups -OCH3 is 1. The first kappa shape index (κ1) is 13.7. The van der Waals surface area contributed by atoms with Crippen molar-refractivity contribution < 1.29 is 9.53 Å². The van der Waals surface area contributed by atoms with E-state index in [1.54, 1.807) is 7.11 Å². The van der Waals surface area contributed by atoms with Crippen molar-refractivity contribution >= 4 is 28.5 Å². The van der Waals surface area contributed by atoms with Crippen LogP contribution in [0.4, 0.5) is 0 Å². The van der Waals surface area contributed by atoms with Crippen molar-refractivity contribution in [2.45, 2.75) is 25.3 Å². The summed E-state index contributed by atoms with van der Waals surface area (Å²) in [5, 5.41) is 0. The minimum Gasteiger partial charge on any atom is -0.494 e. The molecular formula is C13H16ClN3O2. The van der Waals surface area contributed by atoms with Crippen molar-refractivity contribution in [2.24, 2.45) is 5.73 Å². The number of hydrogen-bond acceptors (Lipinski definition) is 3. The Hall–Kier alpha value is -1.75. The molecule has 0 fully saturated rings. The summed E-state index contributed by atoms with van der Waals surface area (Å²) in [6.07, 6.45) is 1.02. The zero-order valence-corrected chi connectivity index (χ0v) is 11.5. The van der Waals surface area contributed by atoms with Crippen molar-refractivity contribution in [3.63, 3.8) is 0 Å². The van der Waals surface area contributed by atoms with Gasteiger partial charge in [0.2, 0.25) is 5.91 Å². The summed E-state index contributed by atoms with van der Waals surface area (Å²) < 4.78 is 7.30. The monoisotopic (exact) mass is 281 g/mol. The Kier molecular flexibility index (Phi) is 4.27. The number of aromatic nitrogens is 2. The molecule has 0 unspecified atom stereocenters. The second-order valence-corrected chi connectivity index (χ2v) is 4.48. The van der Waals surface area contributed by atoms with E-state index in [0.717, 1.165) is 22.6 Å². The lowest BCUT2D eigenvalue weighted by Crippen LogP contribution is -2.12. The number of para-hydroxylation sites is 1. The van der Waals surface area contributed by atoms with Gasteiger partial charge in [-0.3, -0.25) is 4.79 Å². The molecule has 19 heavy (non-hydrogen) atoms. The van der Waals surface area contributed by atoms with Gasteiger partial charge < -0.3 is 15.0 Å². The average Bonchev–Trinajstić information content (AvgIpc) is 2.76. The summed E-state index contributed by atoms with van der Waals surface area (Å²) in [7, 11) is 1.61. The molecule has 1 aromatic carbocycles. The summed E-state index contributed by atoms with van der Waals surface area (Å²) in [6, 6.07) is 5.73. The highest BCUT2D eigenvalue weighted by Crippen LogP contribution is 2.26. The van der Waals surface area contributed by atoms with Crippen LogP contribution in [-0.4, -0.2) is 22.6 Å². The molecule has 102 valence electrons.